The number of sulfone groups is 1. The van der Waals surface area contributed by atoms with Crippen LogP contribution in [-0.4, -0.2) is 40.7 Å². The summed E-state index contributed by atoms with van der Waals surface area (Å²) in [5.41, 5.74) is 2.57. The highest BCUT2D eigenvalue weighted by Crippen LogP contribution is 2.30. The number of hydrogen-bond acceptors (Lipinski definition) is 9. The Kier molecular flexibility index (Phi) is 5.23. The Morgan fingerprint density at radius 1 is 1.07 bits per heavy atom. The van der Waals surface area contributed by atoms with Gasteiger partial charge in [-0.1, -0.05) is 12.1 Å². The van der Waals surface area contributed by atoms with Crippen LogP contribution < -0.4 is 4.74 Å². The number of benzene rings is 1. The van der Waals surface area contributed by atoms with E-state index in [1.165, 1.54) is 25.8 Å². The predicted molar refractivity (Wildman–Crippen MR) is 107 cm³/mol. The smallest absolute Gasteiger partial charge is 0.247 e. The Bertz CT molecular complexity index is 1270. The standard InChI is InChI=1S/C20H17N5O4S/c1-13-10-22-16(20(24-13)28-2)11-30(26,27)17-4-3-9-21-18(17)14-5-7-15(8-6-14)19-25-23-12-29-19/h3-10,12H,11H2,1-2H3. The van der Waals surface area contributed by atoms with Crippen molar-refractivity contribution in [3.05, 3.63) is 66.6 Å². The lowest BCUT2D eigenvalue weighted by Gasteiger charge is -2.11. The van der Waals surface area contributed by atoms with E-state index in [-0.39, 0.29) is 22.2 Å². The van der Waals surface area contributed by atoms with Gasteiger partial charge >= 0.3 is 0 Å². The summed E-state index contributed by atoms with van der Waals surface area (Å²) in [6.07, 6.45) is 4.30. The summed E-state index contributed by atoms with van der Waals surface area (Å²) in [6, 6.07) is 10.2. The van der Waals surface area contributed by atoms with Crippen molar-refractivity contribution in [2.24, 2.45) is 0 Å². The zero-order valence-electron chi connectivity index (χ0n) is 16.2. The maximum Gasteiger partial charge on any atom is 0.247 e. The summed E-state index contributed by atoms with van der Waals surface area (Å²) >= 11 is 0. The van der Waals surface area contributed by atoms with E-state index in [4.69, 9.17) is 9.15 Å². The van der Waals surface area contributed by atoms with Crippen molar-refractivity contribution < 1.29 is 17.6 Å². The van der Waals surface area contributed by atoms with Gasteiger partial charge in [0.25, 0.3) is 0 Å². The average molecular weight is 423 g/mol. The normalized spacial score (nSPS) is 11.4. The molecular weight excluding hydrogens is 406 g/mol. The summed E-state index contributed by atoms with van der Waals surface area (Å²) in [4.78, 5) is 12.8. The molecule has 0 bridgehead atoms. The van der Waals surface area contributed by atoms with Gasteiger partial charge in [0.05, 0.1) is 23.4 Å². The fourth-order valence-electron chi connectivity index (χ4n) is 2.93. The van der Waals surface area contributed by atoms with Crippen LogP contribution in [0.1, 0.15) is 11.4 Å². The molecule has 0 fully saturated rings. The molecule has 3 heterocycles. The van der Waals surface area contributed by atoms with E-state index in [0.29, 0.717) is 22.8 Å². The van der Waals surface area contributed by atoms with Crippen LogP contribution >= 0.6 is 0 Å². The van der Waals surface area contributed by atoms with Crippen molar-refractivity contribution in [2.75, 3.05) is 7.11 Å². The Morgan fingerprint density at radius 3 is 2.53 bits per heavy atom. The fourth-order valence-corrected chi connectivity index (χ4v) is 4.39. The van der Waals surface area contributed by atoms with E-state index in [1.807, 2.05) is 0 Å². The predicted octanol–water partition coefficient (Wildman–Crippen LogP) is 2.88. The summed E-state index contributed by atoms with van der Waals surface area (Å²) in [5, 5.41) is 7.52. The molecule has 0 aliphatic carbocycles. The Morgan fingerprint density at radius 2 is 1.83 bits per heavy atom. The molecule has 0 saturated carbocycles. The van der Waals surface area contributed by atoms with Crippen molar-refractivity contribution >= 4 is 9.84 Å². The zero-order chi connectivity index (χ0) is 21.1. The number of aryl methyl sites for hydroxylation is 1. The van der Waals surface area contributed by atoms with Crippen molar-refractivity contribution in [1.29, 1.82) is 0 Å². The summed E-state index contributed by atoms with van der Waals surface area (Å²) < 4.78 is 36.8. The second kappa shape index (κ2) is 7.99. The number of ether oxygens (including phenoxy) is 1. The maximum atomic E-state index is 13.2. The van der Waals surface area contributed by atoms with E-state index in [2.05, 4.69) is 25.1 Å². The second-order valence-electron chi connectivity index (χ2n) is 6.40. The van der Waals surface area contributed by atoms with Crippen LogP contribution in [0.25, 0.3) is 22.7 Å². The lowest BCUT2D eigenvalue weighted by Crippen LogP contribution is -2.11. The zero-order valence-corrected chi connectivity index (χ0v) is 17.0. The van der Waals surface area contributed by atoms with Crippen LogP contribution in [0.5, 0.6) is 5.88 Å². The molecule has 0 aliphatic rings. The molecule has 0 atom stereocenters. The quantitative estimate of drug-likeness (QED) is 0.461. The summed E-state index contributed by atoms with van der Waals surface area (Å²) in [6.45, 7) is 1.75. The van der Waals surface area contributed by atoms with E-state index in [9.17, 15) is 8.42 Å². The van der Waals surface area contributed by atoms with Crippen LogP contribution in [0, 0.1) is 6.92 Å². The molecule has 30 heavy (non-hydrogen) atoms. The van der Waals surface area contributed by atoms with E-state index in [1.54, 1.807) is 43.5 Å². The first-order valence-corrected chi connectivity index (χ1v) is 10.5. The third-order valence-corrected chi connectivity index (χ3v) is 5.98. The minimum Gasteiger partial charge on any atom is -0.480 e. The van der Waals surface area contributed by atoms with Gasteiger partial charge in [-0.25, -0.2) is 13.4 Å². The molecule has 0 spiro atoms. The molecule has 0 aliphatic heterocycles. The first kappa shape index (κ1) is 19.6. The van der Waals surface area contributed by atoms with Crippen LogP contribution in [0.3, 0.4) is 0 Å². The minimum atomic E-state index is -3.78. The highest BCUT2D eigenvalue weighted by atomic mass is 32.2. The molecule has 3 aromatic heterocycles. The summed E-state index contributed by atoms with van der Waals surface area (Å²) in [5.74, 6) is 0.204. The number of aromatic nitrogens is 5. The topological polar surface area (TPSA) is 121 Å². The monoisotopic (exact) mass is 423 g/mol. The van der Waals surface area contributed by atoms with Crippen LogP contribution in [0.15, 0.2) is 64.5 Å². The van der Waals surface area contributed by atoms with Crippen LogP contribution in [0.2, 0.25) is 0 Å². The van der Waals surface area contributed by atoms with Crippen LogP contribution in [-0.2, 0) is 15.6 Å². The molecule has 0 amide bonds. The molecule has 0 N–H and O–H groups in total. The van der Waals surface area contributed by atoms with E-state index in [0.717, 1.165) is 5.56 Å². The second-order valence-corrected chi connectivity index (χ2v) is 8.36. The Balaban J connectivity index is 1.71. The highest BCUT2D eigenvalue weighted by molar-refractivity contribution is 7.90. The third kappa shape index (κ3) is 3.90. The molecular formula is C20H17N5O4S. The largest absolute Gasteiger partial charge is 0.480 e. The van der Waals surface area contributed by atoms with Gasteiger partial charge in [0.15, 0.2) is 9.84 Å². The molecule has 152 valence electrons. The minimum absolute atomic E-state index is 0.0972. The van der Waals surface area contributed by atoms with Crippen molar-refractivity contribution in [2.45, 2.75) is 17.6 Å². The molecule has 4 rings (SSSR count). The van der Waals surface area contributed by atoms with E-state index >= 15 is 0 Å². The third-order valence-electron chi connectivity index (χ3n) is 4.32. The van der Waals surface area contributed by atoms with Gasteiger partial charge in [-0.2, -0.15) is 0 Å². The number of pyridine rings is 1. The van der Waals surface area contributed by atoms with Gasteiger partial charge in [0.2, 0.25) is 18.2 Å². The van der Waals surface area contributed by atoms with Crippen LogP contribution in [0.4, 0.5) is 0 Å². The molecule has 0 unspecified atom stereocenters. The van der Waals surface area contributed by atoms with E-state index < -0.39 is 9.84 Å². The van der Waals surface area contributed by atoms with Gasteiger partial charge in [0.1, 0.15) is 11.4 Å². The molecule has 10 heteroatoms. The highest BCUT2D eigenvalue weighted by Gasteiger charge is 2.24. The number of hydrogen-bond donors (Lipinski definition) is 0. The molecule has 1 aromatic carbocycles. The molecule has 9 nitrogen and oxygen atoms in total. The first-order valence-electron chi connectivity index (χ1n) is 8.89. The van der Waals surface area contributed by atoms with Gasteiger partial charge in [0, 0.05) is 23.5 Å². The van der Waals surface area contributed by atoms with Crippen molar-refractivity contribution in [1.82, 2.24) is 25.1 Å². The number of methoxy groups -OCH3 is 1. The lowest BCUT2D eigenvalue weighted by molar-refractivity contribution is 0.389. The number of rotatable bonds is 6. The van der Waals surface area contributed by atoms with Gasteiger partial charge in [-0.3, -0.25) is 9.97 Å². The van der Waals surface area contributed by atoms with Gasteiger partial charge in [-0.05, 0) is 31.2 Å². The fraction of sp³-hybridized carbons (Fsp3) is 0.150. The SMILES string of the molecule is COc1nc(C)cnc1CS(=O)(=O)c1cccnc1-c1ccc(-c2nnco2)cc1. The Hall–Kier alpha value is -3.66. The summed E-state index contributed by atoms with van der Waals surface area (Å²) in [7, 11) is -2.35. The molecule has 4 aromatic rings. The maximum absolute atomic E-state index is 13.2. The van der Waals surface area contributed by atoms with Gasteiger partial charge in [-0.15, -0.1) is 10.2 Å². The molecule has 0 radical (unpaired) electrons. The lowest BCUT2D eigenvalue weighted by atomic mass is 10.1. The van der Waals surface area contributed by atoms with Gasteiger partial charge < -0.3 is 9.15 Å². The number of nitrogens with zero attached hydrogens (tertiary/aromatic N) is 5. The van der Waals surface area contributed by atoms with Crippen molar-refractivity contribution in [3.8, 4) is 28.6 Å². The average Bonchev–Trinajstić information content (AvgIpc) is 3.30. The molecule has 0 saturated heterocycles. The first-order chi connectivity index (χ1) is 14.5. The Labute approximate surface area is 172 Å². The van der Waals surface area contributed by atoms with Crippen molar-refractivity contribution in [3.63, 3.8) is 0 Å².